The molecule has 8 heteroatoms. The molecule has 0 unspecified atom stereocenters. The van der Waals surface area contributed by atoms with E-state index in [9.17, 15) is 5.02 Å². The fraction of sp³-hybridized carbons (Fsp3) is 0.450. The number of hydrogen-bond acceptors (Lipinski definition) is 6. The molecular formula is C20H25BN5O2. The van der Waals surface area contributed by atoms with Crippen LogP contribution in [0.1, 0.15) is 26.7 Å². The Bertz CT molecular complexity index is 944. The molecule has 3 aromatic rings. The topological polar surface area (TPSA) is 76.3 Å². The van der Waals surface area contributed by atoms with Crippen molar-refractivity contribution in [2.75, 3.05) is 24.7 Å². The summed E-state index contributed by atoms with van der Waals surface area (Å²) in [5.41, 5.74) is 3.09. The Morgan fingerprint density at radius 3 is 2.86 bits per heavy atom. The van der Waals surface area contributed by atoms with Crippen LogP contribution in [0.3, 0.4) is 0 Å². The number of pyridine rings is 2. The molecule has 0 amide bonds. The van der Waals surface area contributed by atoms with Gasteiger partial charge in [0.15, 0.2) is 5.65 Å². The lowest BCUT2D eigenvalue weighted by atomic mass is 9.91. The highest BCUT2D eigenvalue weighted by Gasteiger charge is 2.22. The Morgan fingerprint density at radius 2 is 2.18 bits per heavy atom. The van der Waals surface area contributed by atoms with E-state index in [2.05, 4.69) is 33.5 Å². The largest absolute Gasteiger partial charge is 0.450 e. The van der Waals surface area contributed by atoms with E-state index in [1.807, 2.05) is 19.2 Å². The number of rotatable bonds is 7. The number of hydrogen-bond donors (Lipinski definition) is 1. The zero-order chi connectivity index (χ0) is 19.5. The van der Waals surface area contributed by atoms with Crippen molar-refractivity contribution in [1.29, 1.82) is 0 Å². The summed E-state index contributed by atoms with van der Waals surface area (Å²) in [7, 11) is 1.04. The zero-order valence-corrected chi connectivity index (χ0v) is 16.4. The quantitative estimate of drug-likeness (QED) is 0.499. The first kappa shape index (κ1) is 18.9. The second-order valence-corrected chi connectivity index (χ2v) is 7.11. The van der Waals surface area contributed by atoms with Crippen molar-refractivity contribution < 1.29 is 9.76 Å². The van der Waals surface area contributed by atoms with Crippen LogP contribution in [-0.4, -0.2) is 57.8 Å². The fourth-order valence-electron chi connectivity index (χ4n) is 3.79. The Kier molecular flexibility index (Phi) is 5.59. The lowest BCUT2D eigenvalue weighted by Gasteiger charge is -2.22. The lowest BCUT2D eigenvalue weighted by Crippen LogP contribution is -2.26. The highest BCUT2D eigenvalue weighted by atomic mass is 16.5. The van der Waals surface area contributed by atoms with E-state index in [0.717, 1.165) is 42.4 Å². The van der Waals surface area contributed by atoms with Crippen molar-refractivity contribution >= 4 is 29.9 Å². The maximum absolute atomic E-state index is 9.29. The van der Waals surface area contributed by atoms with E-state index in [1.54, 1.807) is 6.20 Å². The van der Waals surface area contributed by atoms with Gasteiger partial charge in [0, 0.05) is 43.7 Å². The molecule has 0 aromatic carbocycles. The van der Waals surface area contributed by atoms with Crippen molar-refractivity contribution in [3.8, 4) is 11.4 Å². The standard InChI is InChI=1S/C20H25BN5O2/c1-3-28-10-9-26-19(24-17-11-16(21-27)13-23-20(17)26)15-6-7-18(22-12-15)25-8-4-5-14(25)2/h6-7,11-14,27H,3-5,8-10H2,1-2H3/t14-/m0/s1. The average molecular weight is 378 g/mol. The van der Waals surface area contributed by atoms with Crippen LogP contribution in [0.2, 0.25) is 0 Å². The molecule has 1 fully saturated rings. The van der Waals surface area contributed by atoms with Crippen LogP contribution in [0, 0.1) is 0 Å². The van der Waals surface area contributed by atoms with Gasteiger partial charge in [-0.15, -0.1) is 0 Å². The Morgan fingerprint density at radius 1 is 1.29 bits per heavy atom. The van der Waals surface area contributed by atoms with Gasteiger partial charge in [-0.25, -0.2) is 15.0 Å². The highest BCUT2D eigenvalue weighted by molar-refractivity contribution is 6.45. The summed E-state index contributed by atoms with van der Waals surface area (Å²) in [5, 5.41) is 9.29. The summed E-state index contributed by atoms with van der Waals surface area (Å²) < 4.78 is 7.60. The molecule has 4 rings (SSSR count). The summed E-state index contributed by atoms with van der Waals surface area (Å²) in [6, 6.07) is 6.51. The Balaban J connectivity index is 1.70. The average Bonchev–Trinajstić information content (AvgIpc) is 3.31. The SMILES string of the molecule is CCOCCn1c(-c2ccc(N3CCC[C@@H]3C)nc2)nc2cc([B]O)cnc21. The van der Waals surface area contributed by atoms with E-state index in [0.29, 0.717) is 31.3 Å². The summed E-state index contributed by atoms with van der Waals surface area (Å²) in [4.78, 5) is 16.3. The maximum atomic E-state index is 9.29. The predicted molar refractivity (Wildman–Crippen MR) is 111 cm³/mol. The van der Waals surface area contributed by atoms with Crippen molar-refractivity contribution in [2.45, 2.75) is 39.3 Å². The van der Waals surface area contributed by atoms with Crippen LogP contribution < -0.4 is 10.4 Å². The lowest BCUT2D eigenvalue weighted by molar-refractivity contribution is 0.140. The maximum Gasteiger partial charge on any atom is 0.328 e. The minimum absolute atomic E-state index is 0.534. The van der Waals surface area contributed by atoms with Crippen LogP contribution >= 0.6 is 0 Å². The third kappa shape index (κ3) is 3.62. The molecule has 1 saturated heterocycles. The van der Waals surface area contributed by atoms with Crippen LogP contribution in [0.5, 0.6) is 0 Å². The second-order valence-electron chi connectivity index (χ2n) is 7.11. The first-order chi connectivity index (χ1) is 13.7. The van der Waals surface area contributed by atoms with E-state index >= 15 is 0 Å². The van der Waals surface area contributed by atoms with Crippen molar-refractivity contribution in [2.24, 2.45) is 0 Å². The normalized spacial score (nSPS) is 16.8. The van der Waals surface area contributed by atoms with Gasteiger partial charge >= 0.3 is 7.48 Å². The molecule has 1 aliphatic heterocycles. The van der Waals surface area contributed by atoms with E-state index in [1.165, 1.54) is 12.8 Å². The number of aromatic nitrogens is 4. The van der Waals surface area contributed by atoms with Gasteiger partial charge in [0.1, 0.15) is 17.2 Å². The van der Waals surface area contributed by atoms with Crippen LogP contribution in [0.25, 0.3) is 22.6 Å². The van der Waals surface area contributed by atoms with Gasteiger partial charge < -0.3 is 19.2 Å². The van der Waals surface area contributed by atoms with Gasteiger partial charge in [0.2, 0.25) is 0 Å². The van der Waals surface area contributed by atoms with Crippen LogP contribution in [0.4, 0.5) is 5.82 Å². The number of imidazole rings is 1. The third-order valence-corrected chi connectivity index (χ3v) is 5.27. The van der Waals surface area contributed by atoms with Crippen LogP contribution in [0.15, 0.2) is 30.6 Å². The first-order valence-corrected chi connectivity index (χ1v) is 9.85. The molecule has 145 valence electrons. The molecule has 7 nitrogen and oxygen atoms in total. The molecule has 3 aromatic heterocycles. The molecule has 1 radical (unpaired) electrons. The molecule has 1 N–H and O–H groups in total. The molecule has 0 bridgehead atoms. The van der Waals surface area contributed by atoms with Crippen molar-refractivity contribution in [3.05, 3.63) is 30.6 Å². The van der Waals surface area contributed by atoms with Gasteiger partial charge in [-0.1, -0.05) is 0 Å². The van der Waals surface area contributed by atoms with E-state index in [-0.39, 0.29) is 0 Å². The third-order valence-electron chi connectivity index (χ3n) is 5.27. The molecule has 0 spiro atoms. The molecular weight excluding hydrogens is 353 g/mol. The van der Waals surface area contributed by atoms with Crippen molar-refractivity contribution in [1.82, 2.24) is 19.5 Å². The fourth-order valence-corrected chi connectivity index (χ4v) is 3.79. The van der Waals surface area contributed by atoms with E-state index in [4.69, 9.17) is 14.7 Å². The van der Waals surface area contributed by atoms with Gasteiger partial charge in [0.05, 0.1) is 6.61 Å². The minimum Gasteiger partial charge on any atom is -0.450 e. The highest BCUT2D eigenvalue weighted by Crippen LogP contribution is 2.27. The molecule has 1 atom stereocenters. The summed E-state index contributed by atoms with van der Waals surface area (Å²) >= 11 is 0. The molecule has 28 heavy (non-hydrogen) atoms. The summed E-state index contributed by atoms with van der Waals surface area (Å²) in [5.74, 6) is 1.83. The van der Waals surface area contributed by atoms with E-state index < -0.39 is 0 Å². The molecule has 1 aliphatic rings. The van der Waals surface area contributed by atoms with Crippen molar-refractivity contribution in [3.63, 3.8) is 0 Å². The van der Waals surface area contributed by atoms with Gasteiger partial charge in [-0.3, -0.25) is 0 Å². The monoisotopic (exact) mass is 378 g/mol. The summed E-state index contributed by atoms with van der Waals surface area (Å²) in [6.45, 7) is 7.20. The predicted octanol–water partition coefficient (Wildman–Crippen LogP) is 1.76. The molecule has 0 aliphatic carbocycles. The number of anilines is 1. The number of nitrogens with zero attached hydrogens (tertiary/aromatic N) is 5. The minimum atomic E-state index is 0.534. The second kappa shape index (κ2) is 8.28. The Hall–Kier alpha value is -2.45. The summed E-state index contributed by atoms with van der Waals surface area (Å²) in [6.07, 6.45) is 5.96. The first-order valence-electron chi connectivity index (χ1n) is 9.85. The number of fused-ring (bicyclic) bond motifs is 1. The van der Waals surface area contributed by atoms with Gasteiger partial charge in [-0.05, 0) is 50.4 Å². The molecule has 0 saturated carbocycles. The zero-order valence-electron chi connectivity index (χ0n) is 16.4. The molecule has 4 heterocycles. The van der Waals surface area contributed by atoms with Gasteiger partial charge in [-0.2, -0.15) is 0 Å². The number of ether oxygens (including phenoxy) is 1. The van der Waals surface area contributed by atoms with Gasteiger partial charge in [0.25, 0.3) is 0 Å². The Labute approximate surface area is 165 Å². The smallest absolute Gasteiger partial charge is 0.328 e. The van der Waals surface area contributed by atoms with Crippen LogP contribution in [-0.2, 0) is 11.3 Å².